The lowest BCUT2D eigenvalue weighted by Crippen LogP contribution is -2.44. The molecule has 2 rings (SSSR count). The summed E-state index contributed by atoms with van der Waals surface area (Å²) in [6.45, 7) is 21.2. The lowest BCUT2D eigenvalue weighted by Gasteiger charge is -2.31. The van der Waals surface area contributed by atoms with E-state index in [2.05, 4.69) is 70.2 Å². The largest absolute Gasteiger partial charge is 0.493 e. The van der Waals surface area contributed by atoms with Gasteiger partial charge in [-0.05, 0) is 54.7 Å². The first kappa shape index (κ1) is 42.6. The van der Waals surface area contributed by atoms with Gasteiger partial charge in [0.25, 0.3) is 0 Å². The molecule has 1 aromatic carbocycles. The van der Waals surface area contributed by atoms with E-state index in [9.17, 15) is 9.90 Å². The lowest BCUT2D eigenvalue weighted by molar-refractivity contribution is -0.128. The first-order valence-corrected chi connectivity index (χ1v) is 16.9. The number of nitrogens with two attached hydrogens (primary N) is 1. The van der Waals surface area contributed by atoms with E-state index < -0.39 is 12.1 Å². The zero-order valence-electron chi connectivity index (χ0n) is 30.8. The van der Waals surface area contributed by atoms with Gasteiger partial charge >= 0.3 is 0 Å². The third-order valence-electron chi connectivity index (χ3n) is 8.76. The maximum Gasteiger partial charge on any atom is 0.223 e. The molecule has 10 nitrogen and oxygen atoms in total. The maximum absolute atomic E-state index is 13.4. The van der Waals surface area contributed by atoms with Crippen molar-refractivity contribution in [1.29, 1.82) is 0 Å². The molecule has 0 radical (unpaired) electrons. The number of amides is 1. The van der Waals surface area contributed by atoms with Gasteiger partial charge in [0.2, 0.25) is 5.91 Å². The molecule has 0 fully saturated rings. The number of hydrogen-bond donors (Lipinski definition) is 3. The fourth-order valence-electron chi connectivity index (χ4n) is 5.54. The summed E-state index contributed by atoms with van der Waals surface area (Å²) >= 11 is 0. The number of ether oxygens (including phenoxy) is 3. The molecule has 0 saturated carbocycles. The Bertz CT molecular complexity index is 1200. The van der Waals surface area contributed by atoms with Gasteiger partial charge in [0.05, 0.1) is 25.5 Å². The summed E-state index contributed by atoms with van der Waals surface area (Å²) in [6, 6.07) is 5.58. The van der Waals surface area contributed by atoms with Crippen LogP contribution in [-0.2, 0) is 27.9 Å². The monoisotopic (exact) mass is 681 g/mol. The minimum absolute atomic E-state index is 0. The van der Waals surface area contributed by atoms with E-state index in [-0.39, 0.29) is 46.9 Å². The number of nitrogens with one attached hydrogen (secondary N) is 1. The molecule has 1 amide bonds. The number of methoxy groups -OCH3 is 2. The van der Waals surface area contributed by atoms with E-state index in [1.807, 2.05) is 36.9 Å². The highest BCUT2D eigenvalue weighted by Gasteiger charge is 2.31. The summed E-state index contributed by atoms with van der Waals surface area (Å²) in [5, 5.41) is 23.0. The van der Waals surface area contributed by atoms with Crippen LogP contribution < -0.4 is 20.5 Å². The van der Waals surface area contributed by atoms with Crippen molar-refractivity contribution in [3.63, 3.8) is 0 Å². The average Bonchev–Trinajstić information content (AvgIpc) is 3.44. The fraction of sp³-hybridized carbons (Fsp3) is 0.750. The van der Waals surface area contributed by atoms with Crippen molar-refractivity contribution < 1.29 is 24.1 Å². The second kappa shape index (κ2) is 19.6. The molecule has 0 unspecified atom stereocenters. The molecule has 2 aromatic rings. The van der Waals surface area contributed by atoms with Gasteiger partial charge in [0, 0.05) is 62.2 Å². The van der Waals surface area contributed by atoms with Gasteiger partial charge in [-0.15, -0.1) is 17.5 Å². The van der Waals surface area contributed by atoms with Crippen molar-refractivity contribution in [2.24, 2.45) is 34.8 Å². The van der Waals surface area contributed by atoms with Crippen molar-refractivity contribution in [2.75, 3.05) is 34.0 Å². The molecule has 0 bridgehead atoms. The summed E-state index contributed by atoms with van der Waals surface area (Å²) in [5.74, 6) is 1.64. The van der Waals surface area contributed by atoms with Crippen LogP contribution in [0.3, 0.4) is 0 Å². The van der Waals surface area contributed by atoms with Gasteiger partial charge in [-0.25, -0.2) is 0 Å². The Kier molecular flexibility index (Phi) is 17.7. The predicted molar refractivity (Wildman–Crippen MR) is 191 cm³/mol. The molecule has 1 heterocycles. The second-order valence-corrected chi connectivity index (χ2v) is 15.4. The van der Waals surface area contributed by atoms with Gasteiger partial charge < -0.3 is 30.4 Å². The third-order valence-corrected chi connectivity index (χ3v) is 8.76. The van der Waals surface area contributed by atoms with Crippen LogP contribution in [0.5, 0.6) is 11.5 Å². The van der Waals surface area contributed by atoms with Gasteiger partial charge in [0.15, 0.2) is 11.5 Å². The van der Waals surface area contributed by atoms with Gasteiger partial charge in [-0.1, -0.05) is 73.6 Å². The number of hydrogen-bond acceptors (Lipinski definition) is 8. The van der Waals surface area contributed by atoms with Crippen molar-refractivity contribution >= 4 is 18.3 Å². The van der Waals surface area contributed by atoms with E-state index in [0.717, 1.165) is 24.1 Å². The number of aromatic nitrogens is 3. The molecular formula is C36H64ClN5O5. The summed E-state index contributed by atoms with van der Waals surface area (Å²) in [4.78, 5) is 13.4. The molecule has 4 N–H and O–H groups in total. The van der Waals surface area contributed by atoms with E-state index in [0.29, 0.717) is 56.6 Å². The Balaban J connectivity index is 0.0000110. The summed E-state index contributed by atoms with van der Waals surface area (Å²) in [6.07, 6.45) is 3.73. The van der Waals surface area contributed by atoms with E-state index >= 15 is 0 Å². The highest BCUT2D eigenvalue weighted by molar-refractivity contribution is 5.85. The normalized spacial score (nSPS) is 14.8. The number of benzene rings is 1. The van der Waals surface area contributed by atoms with Crippen molar-refractivity contribution in [1.82, 2.24) is 20.3 Å². The van der Waals surface area contributed by atoms with Crippen molar-refractivity contribution in [3.05, 3.63) is 35.7 Å². The zero-order chi connectivity index (χ0) is 34.7. The minimum atomic E-state index is -0.797. The molecule has 1 aromatic heterocycles. The van der Waals surface area contributed by atoms with Crippen LogP contribution in [0.25, 0.3) is 0 Å². The topological polar surface area (TPSA) is 134 Å². The summed E-state index contributed by atoms with van der Waals surface area (Å²) in [5.41, 5.74) is 8.39. The Morgan fingerprint density at radius 1 is 1.02 bits per heavy atom. The molecule has 47 heavy (non-hydrogen) atoms. The predicted octanol–water partition coefficient (Wildman–Crippen LogP) is 5.82. The number of halogens is 1. The van der Waals surface area contributed by atoms with Gasteiger partial charge in [-0.3, -0.25) is 9.48 Å². The van der Waals surface area contributed by atoms with Crippen molar-refractivity contribution in [2.45, 2.75) is 112 Å². The molecule has 0 saturated heterocycles. The molecule has 0 spiro atoms. The van der Waals surface area contributed by atoms with Crippen LogP contribution >= 0.6 is 12.4 Å². The first-order chi connectivity index (χ1) is 21.5. The molecule has 0 aliphatic heterocycles. The maximum atomic E-state index is 13.4. The molecule has 0 aliphatic carbocycles. The fourth-order valence-corrected chi connectivity index (χ4v) is 5.54. The highest BCUT2D eigenvalue weighted by atomic mass is 35.5. The minimum Gasteiger partial charge on any atom is -0.493 e. The first-order valence-electron chi connectivity index (χ1n) is 16.9. The van der Waals surface area contributed by atoms with Gasteiger partial charge in [-0.2, -0.15) is 0 Å². The number of carbonyl (C=O) groups excluding carboxylic acids is 1. The van der Waals surface area contributed by atoms with Crippen LogP contribution in [0.15, 0.2) is 24.4 Å². The highest BCUT2D eigenvalue weighted by Crippen LogP contribution is 2.32. The van der Waals surface area contributed by atoms with Crippen molar-refractivity contribution in [3.8, 4) is 11.5 Å². The Hall–Kier alpha value is -2.40. The third kappa shape index (κ3) is 14.3. The Labute approximate surface area is 290 Å². The molecule has 4 atom stereocenters. The van der Waals surface area contributed by atoms with Gasteiger partial charge in [0.1, 0.15) is 0 Å². The number of rotatable bonds is 20. The SMILES string of the molecule is COCCCOc1cc(C[C@@H](C[C@H](N)[C@@H](O)C[C@H](C(=O)NCC(C)(C)Cn2cc(C(C)(C)C)nn2)C(C)C)C(C)C)ccc1OC.Cl. The number of carbonyl (C=O) groups is 1. The van der Waals surface area contributed by atoms with Crippen LogP contribution in [-0.4, -0.2) is 72.1 Å². The number of nitrogens with zero attached hydrogens (tertiary/aromatic N) is 3. The summed E-state index contributed by atoms with van der Waals surface area (Å²) < 4.78 is 18.5. The Morgan fingerprint density at radius 3 is 2.26 bits per heavy atom. The molecule has 270 valence electrons. The second-order valence-electron chi connectivity index (χ2n) is 15.4. The summed E-state index contributed by atoms with van der Waals surface area (Å²) in [7, 11) is 3.32. The van der Waals surface area contributed by atoms with Crippen LogP contribution in [0.2, 0.25) is 0 Å². The van der Waals surface area contributed by atoms with Crippen LogP contribution in [0.4, 0.5) is 0 Å². The standard InChI is InChI=1S/C36H63N5O5.ClH/c1-24(2)27(17-26-13-14-31(45-11)32(18-26)46-16-12-15-44-10)19-29(37)30(42)20-28(25(3)4)34(43)38-22-36(8,9)23-41-21-33(39-40-41)35(5,6)7;/h13-14,18,21,24-25,27-30,42H,12,15-17,19-20,22-23,37H2,1-11H3,(H,38,43);1H/t27-,28-,29-,30-;/m0./s1. The van der Waals surface area contributed by atoms with E-state index in [4.69, 9.17) is 19.9 Å². The Morgan fingerprint density at radius 2 is 1.70 bits per heavy atom. The molecular weight excluding hydrogens is 618 g/mol. The van der Waals surface area contributed by atoms with E-state index in [1.165, 1.54) is 0 Å². The quantitative estimate of drug-likeness (QED) is 0.149. The number of aliphatic hydroxyl groups is 1. The lowest BCUT2D eigenvalue weighted by atomic mass is 9.80. The zero-order valence-corrected chi connectivity index (χ0v) is 31.7. The molecule has 11 heteroatoms. The van der Waals surface area contributed by atoms with Crippen LogP contribution in [0.1, 0.15) is 92.8 Å². The number of aliphatic hydroxyl groups excluding tert-OH is 1. The smallest absolute Gasteiger partial charge is 0.223 e. The van der Waals surface area contributed by atoms with E-state index in [1.54, 1.807) is 14.2 Å². The average molecular weight is 682 g/mol. The van der Waals surface area contributed by atoms with Crippen LogP contribution in [0, 0.1) is 29.1 Å². The molecule has 0 aliphatic rings.